The normalized spacial score (nSPS) is 10.5. The molecule has 0 saturated heterocycles. The van der Waals surface area contributed by atoms with Crippen LogP contribution in [0.1, 0.15) is 10.4 Å². The first-order valence-corrected chi connectivity index (χ1v) is 3.84. The average molecular weight is 176 g/mol. The molecule has 13 heavy (non-hydrogen) atoms. The van der Waals surface area contributed by atoms with Crippen LogP contribution < -0.4 is 5.73 Å². The summed E-state index contributed by atoms with van der Waals surface area (Å²) in [4.78, 5) is 22.1. The SMILES string of the molecule is NCC(=O)c1ccnc2nc[nH]c12. The number of rotatable bonds is 2. The van der Waals surface area contributed by atoms with Crippen molar-refractivity contribution in [3.63, 3.8) is 0 Å². The molecule has 2 aromatic rings. The summed E-state index contributed by atoms with van der Waals surface area (Å²) in [6.07, 6.45) is 3.05. The molecule has 0 radical (unpaired) electrons. The molecular weight excluding hydrogens is 168 g/mol. The maximum absolute atomic E-state index is 11.3. The Balaban J connectivity index is 2.67. The molecule has 0 atom stereocenters. The molecule has 0 aromatic carbocycles. The monoisotopic (exact) mass is 176 g/mol. The second kappa shape index (κ2) is 2.95. The Kier molecular flexibility index (Phi) is 1.79. The van der Waals surface area contributed by atoms with E-state index in [1.165, 1.54) is 6.33 Å². The van der Waals surface area contributed by atoms with Crippen LogP contribution in [0.4, 0.5) is 0 Å². The highest BCUT2D eigenvalue weighted by Crippen LogP contribution is 2.11. The number of hydrogen-bond donors (Lipinski definition) is 2. The van der Waals surface area contributed by atoms with Gasteiger partial charge < -0.3 is 10.7 Å². The predicted molar refractivity (Wildman–Crippen MR) is 47.3 cm³/mol. The van der Waals surface area contributed by atoms with E-state index in [9.17, 15) is 4.79 Å². The van der Waals surface area contributed by atoms with Gasteiger partial charge in [-0.25, -0.2) is 9.97 Å². The van der Waals surface area contributed by atoms with Gasteiger partial charge in [-0.05, 0) is 6.07 Å². The number of nitrogens with zero attached hydrogens (tertiary/aromatic N) is 2. The summed E-state index contributed by atoms with van der Waals surface area (Å²) in [5.41, 5.74) is 7.00. The van der Waals surface area contributed by atoms with Crippen LogP contribution in [0.3, 0.4) is 0 Å². The topological polar surface area (TPSA) is 84.7 Å². The third-order valence-electron chi connectivity index (χ3n) is 1.81. The van der Waals surface area contributed by atoms with Gasteiger partial charge in [0.15, 0.2) is 11.4 Å². The van der Waals surface area contributed by atoms with E-state index in [1.807, 2.05) is 0 Å². The highest BCUT2D eigenvalue weighted by Gasteiger charge is 2.09. The number of aromatic nitrogens is 3. The molecule has 0 spiro atoms. The van der Waals surface area contributed by atoms with Gasteiger partial charge in [0.05, 0.1) is 18.4 Å². The molecule has 0 saturated carbocycles. The number of carbonyl (C=O) groups excluding carboxylic acids is 1. The van der Waals surface area contributed by atoms with Gasteiger partial charge in [0.1, 0.15) is 0 Å². The molecule has 0 aliphatic carbocycles. The average Bonchev–Trinajstić information content (AvgIpc) is 2.63. The third kappa shape index (κ3) is 1.19. The summed E-state index contributed by atoms with van der Waals surface area (Å²) in [5.74, 6) is -0.114. The molecule has 5 heteroatoms. The first-order chi connectivity index (χ1) is 6.33. The number of aromatic amines is 1. The summed E-state index contributed by atoms with van der Waals surface area (Å²) >= 11 is 0. The lowest BCUT2D eigenvalue weighted by Crippen LogP contribution is -2.14. The minimum absolute atomic E-state index is 0.00185. The number of ketones is 1. The van der Waals surface area contributed by atoms with Crippen LogP contribution in [0, 0.1) is 0 Å². The Bertz CT molecular complexity index is 448. The molecule has 0 aliphatic rings. The van der Waals surface area contributed by atoms with Crippen LogP contribution in [-0.4, -0.2) is 27.3 Å². The molecule has 2 rings (SSSR count). The van der Waals surface area contributed by atoms with Crippen LogP contribution in [-0.2, 0) is 0 Å². The van der Waals surface area contributed by atoms with Crippen molar-refractivity contribution in [1.29, 1.82) is 0 Å². The lowest BCUT2D eigenvalue weighted by atomic mass is 10.1. The van der Waals surface area contributed by atoms with Crippen LogP contribution in [0.15, 0.2) is 18.6 Å². The number of nitrogens with one attached hydrogen (secondary N) is 1. The first kappa shape index (κ1) is 7.88. The van der Waals surface area contributed by atoms with Crippen LogP contribution in [0.2, 0.25) is 0 Å². The molecule has 0 aliphatic heterocycles. The van der Waals surface area contributed by atoms with Crippen molar-refractivity contribution in [3.05, 3.63) is 24.2 Å². The Hall–Kier alpha value is -1.75. The fourth-order valence-electron chi connectivity index (χ4n) is 1.19. The Morgan fingerprint density at radius 1 is 1.54 bits per heavy atom. The zero-order valence-corrected chi connectivity index (χ0v) is 6.82. The van der Waals surface area contributed by atoms with Crippen LogP contribution >= 0.6 is 0 Å². The number of carbonyl (C=O) groups is 1. The van der Waals surface area contributed by atoms with Crippen molar-refractivity contribution in [2.45, 2.75) is 0 Å². The standard InChI is InChI=1S/C8H8N4O/c9-3-6(13)5-1-2-10-8-7(5)11-4-12-8/h1-2,4H,3,9H2,(H,10,11,12). The molecule has 0 fully saturated rings. The summed E-state index contributed by atoms with van der Waals surface area (Å²) in [6, 6.07) is 1.63. The summed E-state index contributed by atoms with van der Waals surface area (Å²) < 4.78 is 0. The van der Waals surface area contributed by atoms with Gasteiger partial charge in [0.25, 0.3) is 0 Å². The zero-order chi connectivity index (χ0) is 9.26. The number of Topliss-reactive ketones (excluding diaryl/α,β-unsaturated/α-hetero) is 1. The molecule has 0 amide bonds. The van der Waals surface area contributed by atoms with E-state index < -0.39 is 0 Å². The molecule has 5 nitrogen and oxygen atoms in total. The van der Waals surface area contributed by atoms with Crippen molar-refractivity contribution in [3.8, 4) is 0 Å². The van der Waals surface area contributed by atoms with E-state index in [0.29, 0.717) is 16.7 Å². The number of hydrogen-bond acceptors (Lipinski definition) is 4. The van der Waals surface area contributed by atoms with Crippen LogP contribution in [0.25, 0.3) is 11.2 Å². The van der Waals surface area contributed by atoms with E-state index in [1.54, 1.807) is 12.3 Å². The first-order valence-electron chi connectivity index (χ1n) is 3.84. The molecule has 66 valence electrons. The Labute approximate surface area is 74.0 Å². The fourth-order valence-corrected chi connectivity index (χ4v) is 1.19. The Morgan fingerprint density at radius 3 is 3.15 bits per heavy atom. The van der Waals surface area contributed by atoms with Gasteiger partial charge in [-0.2, -0.15) is 0 Å². The van der Waals surface area contributed by atoms with Gasteiger partial charge >= 0.3 is 0 Å². The predicted octanol–water partition coefficient (Wildman–Crippen LogP) is 0.0993. The van der Waals surface area contributed by atoms with Crippen LogP contribution in [0.5, 0.6) is 0 Å². The fraction of sp³-hybridized carbons (Fsp3) is 0.125. The lowest BCUT2D eigenvalue weighted by molar-refractivity contribution is 0.100. The second-order valence-electron chi connectivity index (χ2n) is 2.59. The number of H-pyrrole nitrogens is 1. The molecule has 3 N–H and O–H groups in total. The van der Waals surface area contributed by atoms with Crippen molar-refractivity contribution >= 4 is 16.9 Å². The smallest absolute Gasteiger partial charge is 0.178 e. The molecule has 2 heterocycles. The maximum atomic E-state index is 11.3. The van der Waals surface area contributed by atoms with Crippen molar-refractivity contribution in [2.24, 2.45) is 5.73 Å². The quantitative estimate of drug-likeness (QED) is 0.635. The molecule has 2 aromatic heterocycles. The van der Waals surface area contributed by atoms with E-state index >= 15 is 0 Å². The van der Waals surface area contributed by atoms with Gasteiger partial charge in [0.2, 0.25) is 0 Å². The maximum Gasteiger partial charge on any atom is 0.178 e. The minimum atomic E-state index is -0.114. The van der Waals surface area contributed by atoms with Gasteiger partial charge in [0, 0.05) is 11.8 Å². The minimum Gasteiger partial charge on any atom is -0.343 e. The third-order valence-corrected chi connectivity index (χ3v) is 1.81. The van der Waals surface area contributed by atoms with Gasteiger partial charge in [-0.15, -0.1) is 0 Å². The van der Waals surface area contributed by atoms with E-state index in [0.717, 1.165) is 0 Å². The van der Waals surface area contributed by atoms with E-state index in [2.05, 4.69) is 15.0 Å². The number of fused-ring (bicyclic) bond motifs is 1. The molecule has 0 unspecified atom stereocenters. The van der Waals surface area contributed by atoms with E-state index in [4.69, 9.17) is 5.73 Å². The van der Waals surface area contributed by atoms with Gasteiger partial charge in [-0.1, -0.05) is 0 Å². The van der Waals surface area contributed by atoms with Crippen molar-refractivity contribution < 1.29 is 4.79 Å². The highest BCUT2D eigenvalue weighted by atomic mass is 16.1. The lowest BCUT2D eigenvalue weighted by Gasteiger charge is -1.97. The molecular formula is C8H8N4O. The summed E-state index contributed by atoms with van der Waals surface area (Å²) in [5, 5.41) is 0. The van der Waals surface area contributed by atoms with E-state index in [-0.39, 0.29) is 12.3 Å². The number of nitrogens with two attached hydrogens (primary N) is 1. The highest BCUT2D eigenvalue weighted by molar-refractivity contribution is 6.06. The van der Waals surface area contributed by atoms with Crippen molar-refractivity contribution in [1.82, 2.24) is 15.0 Å². The second-order valence-corrected chi connectivity index (χ2v) is 2.59. The molecule has 0 bridgehead atoms. The largest absolute Gasteiger partial charge is 0.343 e. The number of pyridine rings is 1. The summed E-state index contributed by atoms with van der Waals surface area (Å²) in [7, 11) is 0. The zero-order valence-electron chi connectivity index (χ0n) is 6.82. The Morgan fingerprint density at radius 2 is 2.38 bits per heavy atom. The van der Waals surface area contributed by atoms with Gasteiger partial charge in [-0.3, -0.25) is 4.79 Å². The summed E-state index contributed by atoms with van der Waals surface area (Å²) in [6.45, 7) is -0.00185. The number of imidazole rings is 1. The van der Waals surface area contributed by atoms with Crippen molar-refractivity contribution in [2.75, 3.05) is 6.54 Å².